The van der Waals surface area contributed by atoms with Crippen molar-refractivity contribution in [2.75, 3.05) is 11.1 Å². The predicted octanol–water partition coefficient (Wildman–Crippen LogP) is 3.51. The molecule has 3 heterocycles. The SMILES string of the molecule is Cc1nc2c(c(N[C@H](C)c3cc(N)cc(C(F)(F)F)c3)n1)CN(C(=O)c1ncccn1)C2. The number of alkyl halides is 3. The van der Waals surface area contributed by atoms with Crippen LogP contribution in [0, 0.1) is 6.92 Å². The number of anilines is 2. The Morgan fingerprint density at radius 1 is 1.16 bits per heavy atom. The van der Waals surface area contributed by atoms with Crippen LogP contribution < -0.4 is 11.1 Å². The summed E-state index contributed by atoms with van der Waals surface area (Å²) in [6, 6.07) is 4.54. The number of nitrogens with zero attached hydrogens (tertiary/aromatic N) is 5. The van der Waals surface area contributed by atoms with E-state index >= 15 is 0 Å². The fraction of sp³-hybridized carbons (Fsp3) is 0.286. The van der Waals surface area contributed by atoms with E-state index in [1.807, 2.05) is 0 Å². The molecule has 1 atom stereocenters. The van der Waals surface area contributed by atoms with Crippen LogP contribution in [0.3, 0.4) is 0 Å². The fourth-order valence-electron chi connectivity index (χ4n) is 3.57. The number of aryl methyl sites for hydroxylation is 1. The summed E-state index contributed by atoms with van der Waals surface area (Å²) in [5, 5.41) is 3.16. The van der Waals surface area contributed by atoms with Crippen LogP contribution in [0.15, 0.2) is 36.7 Å². The molecule has 2 aromatic heterocycles. The Balaban J connectivity index is 1.60. The number of nitrogen functional groups attached to an aromatic ring is 1. The van der Waals surface area contributed by atoms with Crippen molar-refractivity contribution in [1.29, 1.82) is 0 Å². The predicted molar refractivity (Wildman–Crippen MR) is 110 cm³/mol. The minimum atomic E-state index is -4.50. The summed E-state index contributed by atoms with van der Waals surface area (Å²) in [7, 11) is 0. The van der Waals surface area contributed by atoms with Crippen LogP contribution in [0.2, 0.25) is 0 Å². The number of nitrogens with two attached hydrogens (primary N) is 1. The molecule has 0 spiro atoms. The van der Waals surface area contributed by atoms with Crippen LogP contribution in [0.4, 0.5) is 24.7 Å². The zero-order valence-corrected chi connectivity index (χ0v) is 17.3. The smallest absolute Gasteiger partial charge is 0.399 e. The highest BCUT2D eigenvalue weighted by Crippen LogP contribution is 2.34. The molecule has 0 saturated carbocycles. The lowest BCUT2D eigenvalue weighted by Gasteiger charge is -2.19. The van der Waals surface area contributed by atoms with Gasteiger partial charge in [-0.25, -0.2) is 19.9 Å². The molecule has 32 heavy (non-hydrogen) atoms. The van der Waals surface area contributed by atoms with Crippen LogP contribution in [-0.2, 0) is 19.3 Å². The van der Waals surface area contributed by atoms with Gasteiger partial charge in [-0.2, -0.15) is 13.2 Å². The second kappa shape index (κ2) is 8.06. The van der Waals surface area contributed by atoms with Gasteiger partial charge in [0.25, 0.3) is 5.91 Å². The number of fused-ring (bicyclic) bond motifs is 1. The molecule has 11 heteroatoms. The highest BCUT2D eigenvalue weighted by molar-refractivity contribution is 5.90. The summed E-state index contributed by atoms with van der Waals surface area (Å²) in [5.41, 5.74) is 6.64. The second-order valence-corrected chi connectivity index (χ2v) is 7.53. The van der Waals surface area contributed by atoms with Gasteiger partial charge in [-0.1, -0.05) is 0 Å². The molecule has 0 bridgehead atoms. The minimum absolute atomic E-state index is 0.0206. The summed E-state index contributed by atoms with van der Waals surface area (Å²) < 4.78 is 39.6. The normalized spacial score (nSPS) is 14.2. The molecule has 4 rings (SSSR count). The summed E-state index contributed by atoms with van der Waals surface area (Å²) in [5.74, 6) is 0.672. The Morgan fingerprint density at radius 3 is 2.56 bits per heavy atom. The Kier molecular flexibility index (Phi) is 5.41. The maximum atomic E-state index is 13.2. The Bertz CT molecular complexity index is 1170. The molecule has 3 N–H and O–H groups in total. The van der Waals surface area contributed by atoms with Crippen molar-refractivity contribution in [2.45, 2.75) is 39.2 Å². The Hall–Kier alpha value is -3.76. The zero-order chi connectivity index (χ0) is 23.0. The van der Waals surface area contributed by atoms with Crippen LogP contribution in [0.1, 0.15) is 51.8 Å². The van der Waals surface area contributed by atoms with Crippen LogP contribution in [0.5, 0.6) is 0 Å². The lowest BCUT2D eigenvalue weighted by Crippen LogP contribution is -2.27. The van der Waals surface area contributed by atoms with E-state index < -0.39 is 17.8 Å². The van der Waals surface area contributed by atoms with Gasteiger partial charge < -0.3 is 16.0 Å². The number of aromatic nitrogens is 4. The minimum Gasteiger partial charge on any atom is -0.399 e. The first kappa shape index (κ1) is 21.5. The third-order valence-corrected chi connectivity index (χ3v) is 5.10. The van der Waals surface area contributed by atoms with Gasteiger partial charge in [-0.3, -0.25) is 4.79 Å². The Labute approximate surface area is 181 Å². The average molecular weight is 443 g/mol. The number of benzene rings is 1. The zero-order valence-electron chi connectivity index (χ0n) is 17.3. The molecule has 166 valence electrons. The lowest BCUT2D eigenvalue weighted by molar-refractivity contribution is -0.137. The quantitative estimate of drug-likeness (QED) is 0.594. The molecule has 1 aromatic carbocycles. The van der Waals surface area contributed by atoms with Gasteiger partial charge in [0, 0.05) is 23.6 Å². The van der Waals surface area contributed by atoms with Crippen molar-refractivity contribution in [2.24, 2.45) is 0 Å². The number of hydrogen-bond acceptors (Lipinski definition) is 7. The highest BCUT2D eigenvalue weighted by atomic mass is 19.4. The molecule has 1 aliphatic heterocycles. The molecule has 8 nitrogen and oxygen atoms in total. The monoisotopic (exact) mass is 443 g/mol. The van der Waals surface area contributed by atoms with Crippen molar-refractivity contribution >= 4 is 17.4 Å². The van der Waals surface area contributed by atoms with Gasteiger partial charge in [-0.05, 0) is 43.7 Å². The van der Waals surface area contributed by atoms with Gasteiger partial charge in [-0.15, -0.1) is 0 Å². The number of hydrogen-bond donors (Lipinski definition) is 2. The molecule has 0 saturated heterocycles. The number of nitrogens with one attached hydrogen (secondary N) is 1. The highest BCUT2D eigenvalue weighted by Gasteiger charge is 2.32. The van der Waals surface area contributed by atoms with Gasteiger partial charge in [0.2, 0.25) is 5.82 Å². The summed E-state index contributed by atoms with van der Waals surface area (Å²) >= 11 is 0. The molecular formula is C21H20F3N7O. The molecule has 0 fully saturated rings. The van der Waals surface area contributed by atoms with E-state index in [0.717, 1.165) is 12.1 Å². The number of carbonyl (C=O) groups excluding carboxylic acids is 1. The lowest BCUT2D eigenvalue weighted by atomic mass is 10.0. The van der Waals surface area contributed by atoms with E-state index in [0.29, 0.717) is 28.5 Å². The van der Waals surface area contributed by atoms with E-state index in [4.69, 9.17) is 5.73 Å². The summed E-state index contributed by atoms with van der Waals surface area (Å²) in [6.07, 6.45) is -1.53. The van der Waals surface area contributed by atoms with Crippen molar-refractivity contribution in [1.82, 2.24) is 24.8 Å². The third kappa shape index (κ3) is 4.32. The van der Waals surface area contributed by atoms with Gasteiger partial charge in [0.15, 0.2) is 0 Å². The van der Waals surface area contributed by atoms with E-state index in [1.165, 1.54) is 18.5 Å². The first-order valence-corrected chi connectivity index (χ1v) is 9.78. The van der Waals surface area contributed by atoms with Gasteiger partial charge in [0.05, 0.1) is 30.4 Å². The first-order valence-electron chi connectivity index (χ1n) is 9.78. The topological polar surface area (TPSA) is 110 Å². The van der Waals surface area contributed by atoms with Crippen molar-refractivity contribution in [3.63, 3.8) is 0 Å². The van der Waals surface area contributed by atoms with Crippen molar-refractivity contribution in [3.8, 4) is 0 Å². The Morgan fingerprint density at radius 2 is 1.88 bits per heavy atom. The largest absolute Gasteiger partial charge is 0.416 e. The summed E-state index contributed by atoms with van der Waals surface area (Å²) in [4.78, 5) is 31.1. The molecule has 0 unspecified atom stereocenters. The van der Waals surface area contributed by atoms with Gasteiger partial charge in [0.1, 0.15) is 11.6 Å². The summed E-state index contributed by atoms with van der Waals surface area (Å²) in [6.45, 7) is 3.92. The third-order valence-electron chi connectivity index (χ3n) is 5.10. The van der Waals surface area contributed by atoms with E-state index in [2.05, 4.69) is 25.3 Å². The molecule has 1 amide bonds. The number of amides is 1. The molecular weight excluding hydrogens is 423 g/mol. The van der Waals surface area contributed by atoms with E-state index in [9.17, 15) is 18.0 Å². The van der Waals surface area contributed by atoms with Crippen LogP contribution in [-0.4, -0.2) is 30.7 Å². The number of rotatable bonds is 4. The fourth-order valence-corrected chi connectivity index (χ4v) is 3.57. The van der Waals surface area contributed by atoms with Crippen LogP contribution >= 0.6 is 0 Å². The molecule has 0 radical (unpaired) electrons. The van der Waals surface area contributed by atoms with E-state index in [-0.39, 0.29) is 30.5 Å². The van der Waals surface area contributed by atoms with Crippen molar-refractivity contribution < 1.29 is 18.0 Å². The second-order valence-electron chi connectivity index (χ2n) is 7.53. The van der Waals surface area contributed by atoms with Crippen molar-refractivity contribution in [3.05, 3.63) is 70.7 Å². The standard InChI is InChI=1S/C21H20F3N7O/c1-11(13-6-14(21(22,23)24)8-15(25)7-13)28-18-16-9-31(10-17(16)29-12(2)30-18)20(32)19-26-4-3-5-27-19/h3-8,11H,9-10,25H2,1-2H3,(H,28,29,30)/t11-/m1/s1. The molecule has 3 aromatic rings. The van der Waals surface area contributed by atoms with Crippen LogP contribution in [0.25, 0.3) is 0 Å². The van der Waals surface area contributed by atoms with Gasteiger partial charge >= 0.3 is 6.18 Å². The first-order chi connectivity index (χ1) is 15.1. The maximum Gasteiger partial charge on any atom is 0.416 e. The molecule has 0 aliphatic carbocycles. The maximum absolute atomic E-state index is 13.2. The number of carbonyl (C=O) groups is 1. The average Bonchev–Trinajstić information content (AvgIpc) is 3.17. The number of halogens is 3. The molecule has 1 aliphatic rings. The van der Waals surface area contributed by atoms with E-state index in [1.54, 1.807) is 24.8 Å².